The van der Waals surface area contributed by atoms with Crippen LogP contribution in [-0.2, 0) is 0 Å². The number of nitrogens with zero attached hydrogens (tertiary/aromatic N) is 4. The van der Waals surface area contributed by atoms with Gasteiger partial charge in [0.1, 0.15) is 0 Å². The largest absolute Gasteiger partial charge is 0.380 e. The van der Waals surface area contributed by atoms with Crippen LogP contribution in [0.4, 0.5) is 5.82 Å². The molecule has 2 aromatic rings. The molecule has 2 heterocycles. The molecule has 0 fully saturated rings. The minimum absolute atomic E-state index is 0.0616. The number of aromatic nitrogens is 2. The molecule has 0 atom stereocenters. The van der Waals surface area contributed by atoms with Crippen molar-refractivity contribution in [3.05, 3.63) is 28.1 Å². The Kier molecular flexibility index (Phi) is 2.92. The number of nitrogens with two attached hydrogens (primary N) is 2. The Morgan fingerprint density at radius 2 is 2.38 bits per heavy atom. The third kappa shape index (κ3) is 2.23. The van der Waals surface area contributed by atoms with Crippen molar-refractivity contribution in [1.29, 1.82) is 0 Å². The Bertz CT molecular complexity index is 514. The summed E-state index contributed by atoms with van der Waals surface area (Å²) < 4.78 is 4.38. The molecule has 0 aliphatic rings. The van der Waals surface area contributed by atoms with Gasteiger partial charge in [0.05, 0.1) is 6.21 Å². The van der Waals surface area contributed by atoms with Crippen LogP contribution < -0.4 is 11.5 Å². The average Bonchev–Trinajstić information content (AvgIpc) is 2.88. The molecule has 2 rings (SSSR count). The molecule has 0 saturated heterocycles. The van der Waals surface area contributed by atoms with Crippen molar-refractivity contribution in [2.45, 2.75) is 0 Å². The lowest BCUT2D eigenvalue weighted by molar-refractivity contribution is 0.308. The molecule has 16 heavy (non-hydrogen) atoms. The second-order valence-corrected chi connectivity index (χ2v) is 3.72. The van der Waals surface area contributed by atoms with Crippen molar-refractivity contribution >= 4 is 29.2 Å². The van der Waals surface area contributed by atoms with Crippen LogP contribution in [0.5, 0.6) is 0 Å². The highest BCUT2D eigenvalue weighted by molar-refractivity contribution is 7.11. The SMILES string of the molecule is NC(=NN=Cc1cccs1)c1nonc1N. The van der Waals surface area contributed by atoms with Crippen LogP contribution in [-0.4, -0.2) is 22.4 Å². The van der Waals surface area contributed by atoms with E-state index in [1.54, 1.807) is 17.6 Å². The van der Waals surface area contributed by atoms with Crippen molar-refractivity contribution in [3.63, 3.8) is 0 Å². The highest BCUT2D eigenvalue weighted by Gasteiger charge is 2.09. The van der Waals surface area contributed by atoms with Crippen LogP contribution >= 0.6 is 11.3 Å². The van der Waals surface area contributed by atoms with Gasteiger partial charge in [-0.1, -0.05) is 6.07 Å². The van der Waals surface area contributed by atoms with Gasteiger partial charge in [0, 0.05) is 4.88 Å². The summed E-state index contributed by atoms with van der Waals surface area (Å²) in [4.78, 5) is 0.975. The average molecular weight is 236 g/mol. The predicted octanol–water partition coefficient (Wildman–Crippen LogP) is 0.453. The predicted molar refractivity (Wildman–Crippen MR) is 61.3 cm³/mol. The van der Waals surface area contributed by atoms with Gasteiger partial charge in [0.25, 0.3) is 0 Å². The summed E-state index contributed by atoms with van der Waals surface area (Å²) in [6.45, 7) is 0. The standard InChI is InChI=1S/C8H8N6OS/c9-7(6-8(10)14-15-13-6)12-11-4-5-2-1-3-16-5/h1-4H,(H2,9,12)(H2,10,14). The lowest BCUT2D eigenvalue weighted by Gasteiger charge is -1.90. The lowest BCUT2D eigenvalue weighted by atomic mass is 10.4. The number of amidine groups is 1. The summed E-state index contributed by atoms with van der Waals surface area (Å²) in [5.74, 6) is 0.152. The second-order valence-electron chi connectivity index (χ2n) is 2.74. The number of rotatable bonds is 3. The van der Waals surface area contributed by atoms with Crippen molar-refractivity contribution in [3.8, 4) is 0 Å². The van der Waals surface area contributed by atoms with Crippen LogP contribution in [0.15, 0.2) is 32.3 Å². The summed E-state index contributed by atoms with van der Waals surface area (Å²) >= 11 is 1.54. The molecule has 0 radical (unpaired) electrons. The lowest BCUT2D eigenvalue weighted by Crippen LogP contribution is -2.15. The minimum atomic E-state index is 0.0616. The van der Waals surface area contributed by atoms with Gasteiger partial charge in [-0.2, -0.15) is 5.10 Å². The first kappa shape index (κ1) is 10.3. The van der Waals surface area contributed by atoms with Crippen LogP contribution in [0, 0.1) is 0 Å². The zero-order chi connectivity index (χ0) is 11.4. The normalized spacial score (nSPS) is 12.4. The Morgan fingerprint density at radius 1 is 1.50 bits per heavy atom. The van der Waals surface area contributed by atoms with E-state index < -0.39 is 0 Å². The van der Waals surface area contributed by atoms with E-state index in [2.05, 4.69) is 25.1 Å². The molecule has 0 saturated carbocycles. The Hall–Kier alpha value is -2.22. The maximum Gasteiger partial charge on any atom is 0.199 e. The molecule has 0 aromatic carbocycles. The van der Waals surface area contributed by atoms with Gasteiger partial charge in [0.2, 0.25) is 0 Å². The molecular formula is C8H8N6OS. The number of thiophene rings is 1. The maximum absolute atomic E-state index is 5.58. The highest BCUT2D eigenvalue weighted by Crippen LogP contribution is 2.05. The Balaban J connectivity index is 2.11. The Labute approximate surface area is 94.4 Å². The number of nitrogen functional groups attached to an aromatic ring is 1. The molecule has 7 nitrogen and oxygen atoms in total. The zero-order valence-corrected chi connectivity index (χ0v) is 8.89. The first-order valence-corrected chi connectivity index (χ1v) is 5.14. The molecule has 4 N–H and O–H groups in total. The van der Waals surface area contributed by atoms with Crippen molar-refractivity contribution in [1.82, 2.24) is 10.3 Å². The van der Waals surface area contributed by atoms with Crippen molar-refractivity contribution < 1.29 is 4.63 Å². The van der Waals surface area contributed by atoms with Crippen LogP contribution in [0.25, 0.3) is 0 Å². The summed E-state index contributed by atoms with van der Waals surface area (Å²) in [5, 5.41) is 16.3. The Morgan fingerprint density at radius 3 is 3.00 bits per heavy atom. The summed E-state index contributed by atoms with van der Waals surface area (Å²) in [5.41, 5.74) is 11.2. The van der Waals surface area contributed by atoms with E-state index in [-0.39, 0.29) is 17.3 Å². The van der Waals surface area contributed by atoms with Crippen molar-refractivity contribution in [2.75, 3.05) is 5.73 Å². The summed E-state index contributed by atoms with van der Waals surface area (Å²) in [7, 11) is 0. The summed E-state index contributed by atoms with van der Waals surface area (Å²) in [6.07, 6.45) is 1.58. The third-order valence-electron chi connectivity index (χ3n) is 1.65. The monoisotopic (exact) mass is 236 g/mol. The van der Waals surface area contributed by atoms with Gasteiger partial charge in [-0.15, -0.1) is 16.4 Å². The van der Waals surface area contributed by atoms with E-state index in [4.69, 9.17) is 11.5 Å². The molecule has 2 aromatic heterocycles. The molecule has 0 aliphatic heterocycles. The topological polar surface area (TPSA) is 116 Å². The fourth-order valence-electron chi connectivity index (χ4n) is 0.933. The first-order valence-electron chi connectivity index (χ1n) is 4.26. The quantitative estimate of drug-likeness (QED) is 0.456. The number of hydrogen-bond donors (Lipinski definition) is 2. The molecular weight excluding hydrogens is 228 g/mol. The molecule has 0 bridgehead atoms. The van der Waals surface area contributed by atoms with E-state index in [1.807, 2.05) is 17.5 Å². The number of anilines is 1. The van der Waals surface area contributed by atoms with Gasteiger partial charge in [-0.3, -0.25) is 0 Å². The molecule has 0 unspecified atom stereocenters. The molecule has 0 aliphatic carbocycles. The van der Waals surface area contributed by atoms with E-state index in [9.17, 15) is 0 Å². The smallest absolute Gasteiger partial charge is 0.199 e. The van der Waals surface area contributed by atoms with E-state index >= 15 is 0 Å². The van der Waals surface area contributed by atoms with Crippen molar-refractivity contribution in [2.24, 2.45) is 15.9 Å². The van der Waals surface area contributed by atoms with Gasteiger partial charge in [-0.05, 0) is 21.8 Å². The molecule has 0 amide bonds. The molecule has 0 spiro atoms. The van der Waals surface area contributed by atoms with Crippen LogP contribution in [0.1, 0.15) is 10.6 Å². The fourth-order valence-corrected chi connectivity index (χ4v) is 1.51. The van der Waals surface area contributed by atoms with Gasteiger partial charge in [0.15, 0.2) is 17.3 Å². The van der Waals surface area contributed by atoms with E-state index in [0.717, 1.165) is 4.88 Å². The second kappa shape index (κ2) is 4.53. The molecule has 8 heteroatoms. The summed E-state index contributed by atoms with van der Waals surface area (Å²) in [6, 6.07) is 3.82. The van der Waals surface area contributed by atoms with Gasteiger partial charge in [-0.25, -0.2) is 4.63 Å². The third-order valence-corrected chi connectivity index (χ3v) is 2.46. The van der Waals surface area contributed by atoms with Crippen LogP contribution in [0.3, 0.4) is 0 Å². The van der Waals surface area contributed by atoms with Crippen LogP contribution in [0.2, 0.25) is 0 Å². The van der Waals surface area contributed by atoms with E-state index in [0.29, 0.717) is 0 Å². The number of hydrogen-bond acceptors (Lipinski definition) is 7. The van der Waals surface area contributed by atoms with Gasteiger partial charge >= 0.3 is 0 Å². The zero-order valence-electron chi connectivity index (χ0n) is 8.07. The van der Waals surface area contributed by atoms with E-state index in [1.165, 1.54) is 0 Å². The fraction of sp³-hybridized carbons (Fsp3) is 0. The maximum atomic E-state index is 5.58. The molecule has 82 valence electrons. The minimum Gasteiger partial charge on any atom is -0.380 e. The van der Waals surface area contributed by atoms with Gasteiger partial charge < -0.3 is 11.5 Å². The first-order chi connectivity index (χ1) is 7.77. The highest BCUT2D eigenvalue weighted by atomic mass is 32.1.